The first-order valence-electron chi connectivity index (χ1n) is 9.16. The third kappa shape index (κ3) is 5.29. The lowest BCUT2D eigenvalue weighted by molar-refractivity contribution is 0.102. The number of carbonyl (C=O) groups excluding carboxylic acids is 1. The summed E-state index contributed by atoms with van der Waals surface area (Å²) >= 11 is 3.43. The molecule has 0 spiro atoms. The molecule has 0 aliphatic rings. The second-order valence-corrected chi connectivity index (χ2v) is 7.17. The maximum absolute atomic E-state index is 12.7. The number of carbonyl (C=O) groups is 1. The lowest BCUT2D eigenvalue weighted by Gasteiger charge is -2.13. The monoisotopic (exact) mass is 455 g/mol. The van der Waals surface area contributed by atoms with Crippen LogP contribution >= 0.6 is 15.9 Å². The van der Waals surface area contributed by atoms with Crippen LogP contribution in [0.15, 0.2) is 65.1 Å². The van der Waals surface area contributed by atoms with Crippen molar-refractivity contribution >= 4 is 27.5 Å². The van der Waals surface area contributed by atoms with Crippen LogP contribution in [0.4, 0.5) is 5.69 Å². The second kappa shape index (κ2) is 9.47. The van der Waals surface area contributed by atoms with E-state index in [0.717, 1.165) is 11.3 Å². The Hall–Kier alpha value is -2.99. The summed E-state index contributed by atoms with van der Waals surface area (Å²) in [6.07, 6.45) is 0. The van der Waals surface area contributed by atoms with Crippen LogP contribution in [0.1, 0.15) is 22.8 Å². The molecule has 0 unspecified atom stereocenters. The lowest BCUT2D eigenvalue weighted by Crippen LogP contribution is -2.12. The van der Waals surface area contributed by atoms with Gasteiger partial charge in [-0.15, -0.1) is 0 Å². The number of methoxy groups -OCH3 is 1. The molecular weight excluding hydrogens is 434 g/mol. The lowest BCUT2D eigenvalue weighted by atomic mass is 10.1. The summed E-state index contributed by atoms with van der Waals surface area (Å²) < 4.78 is 17.4. The van der Waals surface area contributed by atoms with Crippen LogP contribution in [-0.2, 0) is 0 Å². The predicted octanol–water partition coefficient (Wildman–Crippen LogP) is 6.21. The number of anilines is 1. The van der Waals surface area contributed by atoms with Crippen LogP contribution in [0.2, 0.25) is 0 Å². The molecule has 0 saturated carbocycles. The van der Waals surface area contributed by atoms with Crippen molar-refractivity contribution in [1.82, 2.24) is 0 Å². The van der Waals surface area contributed by atoms with E-state index >= 15 is 0 Å². The summed E-state index contributed by atoms with van der Waals surface area (Å²) in [7, 11) is 1.56. The van der Waals surface area contributed by atoms with Gasteiger partial charge in [0.1, 0.15) is 11.5 Å². The third-order valence-electron chi connectivity index (χ3n) is 4.11. The maximum Gasteiger partial charge on any atom is 0.255 e. The fourth-order valence-corrected chi connectivity index (χ4v) is 3.39. The topological polar surface area (TPSA) is 56.8 Å². The van der Waals surface area contributed by atoms with Crippen LogP contribution in [0.5, 0.6) is 23.0 Å². The van der Waals surface area contributed by atoms with E-state index in [1.54, 1.807) is 31.4 Å². The van der Waals surface area contributed by atoms with E-state index in [0.29, 0.717) is 39.6 Å². The number of hydrogen-bond donors (Lipinski definition) is 1. The highest BCUT2D eigenvalue weighted by Crippen LogP contribution is 2.36. The Balaban J connectivity index is 1.72. The first kappa shape index (κ1) is 20.7. The third-order valence-corrected chi connectivity index (χ3v) is 4.70. The van der Waals surface area contributed by atoms with E-state index in [9.17, 15) is 4.79 Å². The summed E-state index contributed by atoms with van der Waals surface area (Å²) in [5, 5.41) is 2.88. The summed E-state index contributed by atoms with van der Waals surface area (Å²) in [5.74, 6) is 2.28. The molecule has 29 heavy (non-hydrogen) atoms. The molecule has 3 aromatic rings. The Morgan fingerprint density at radius 3 is 2.45 bits per heavy atom. The van der Waals surface area contributed by atoms with Crippen LogP contribution in [0.25, 0.3) is 0 Å². The molecule has 0 atom stereocenters. The highest BCUT2D eigenvalue weighted by molar-refractivity contribution is 9.10. The Labute approximate surface area is 178 Å². The van der Waals surface area contributed by atoms with Gasteiger partial charge in [-0.25, -0.2) is 0 Å². The molecule has 1 N–H and O–H groups in total. The van der Waals surface area contributed by atoms with Crippen molar-refractivity contribution in [2.75, 3.05) is 19.0 Å². The Morgan fingerprint density at radius 1 is 1.03 bits per heavy atom. The van der Waals surface area contributed by atoms with Crippen molar-refractivity contribution in [3.05, 3.63) is 76.3 Å². The number of benzene rings is 3. The molecule has 0 bridgehead atoms. The number of halogens is 1. The van der Waals surface area contributed by atoms with E-state index < -0.39 is 0 Å². The molecule has 5 nitrogen and oxygen atoms in total. The van der Waals surface area contributed by atoms with Crippen molar-refractivity contribution in [3.8, 4) is 23.0 Å². The largest absolute Gasteiger partial charge is 0.492 e. The molecule has 0 radical (unpaired) electrons. The van der Waals surface area contributed by atoms with Crippen LogP contribution < -0.4 is 19.5 Å². The minimum atomic E-state index is -0.248. The molecule has 1 amide bonds. The van der Waals surface area contributed by atoms with E-state index in [4.69, 9.17) is 14.2 Å². The highest BCUT2D eigenvalue weighted by Gasteiger charge is 2.15. The number of amides is 1. The fraction of sp³-hybridized carbons (Fsp3) is 0.174. The maximum atomic E-state index is 12.7. The van der Waals surface area contributed by atoms with Crippen LogP contribution in [0, 0.1) is 6.92 Å². The number of aryl methyl sites for hydroxylation is 1. The van der Waals surface area contributed by atoms with E-state index in [1.807, 2.05) is 50.2 Å². The molecule has 6 heteroatoms. The molecule has 0 saturated heterocycles. The van der Waals surface area contributed by atoms with Gasteiger partial charge in [-0.3, -0.25) is 4.79 Å². The molecular formula is C23H22BrNO4. The minimum absolute atomic E-state index is 0.248. The van der Waals surface area contributed by atoms with E-state index in [-0.39, 0.29) is 5.91 Å². The first-order chi connectivity index (χ1) is 14.0. The number of rotatable bonds is 7. The van der Waals surface area contributed by atoms with E-state index in [2.05, 4.69) is 21.2 Å². The van der Waals surface area contributed by atoms with Gasteiger partial charge < -0.3 is 19.5 Å². The number of ether oxygens (including phenoxy) is 3. The zero-order valence-corrected chi connectivity index (χ0v) is 18.1. The second-order valence-electron chi connectivity index (χ2n) is 6.32. The summed E-state index contributed by atoms with van der Waals surface area (Å²) in [4.78, 5) is 12.7. The summed E-state index contributed by atoms with van der Waals surface area (Å²) in [5.41, 5.74) is 2.25. The molecule has 3 aromatic carbocycles. The fourth-order valence-electron chi connectivity index (χ4n) is 2.78. The number of nitrogens with one attached hydrogen (secondary N) is 1. The molecule has 150 valence electrons. The van der Waals surface area contributed by atoms with Gasteiger partial charge in [0.25, 0.3) is 5.91 Å². The smallest absolute Gasteiger partial charge is 0.255 e. The molecule has 0 fully saturated rings. The summed E-state index contributed by atoms with van der Waals surface area (Å²) in [6.45, 7) is 4.36. The SMILES string of the molecule is CCOc1cc(C(=O)Nc2ccc(Oc3cccc(C)c3)cc2)cc(Br)c1OC. The van der Waals surface area contributed by atoms with Crippen molar-refractivity contribution in [2.24, 2.45) is 0 Å². The average molecular weight is 456 g/mol. The molecule has 0 heterocycles. The zero-order chi connectivity index (χ0) is 20.8. The van der Waals surface area contributed by atoms with Gasteiger partial charge in [0.15, 0.2) is 11.5 Å². The Bertz CT molecular complexity index is 1000. The minimum Gasteiger partial charge on any atom is -0.492 e. The first-order valence-corrected chi connectivity index (χ1v) is 9.95. The van der Waals surface area contributed by atoms with Gasteiger partial charge in [-0.05, 0) is 83.9 Å². The quantitative estimate of drug-likeness (QED) is 0.459. The van der Waals surface area contributed by atoms with Gasteiger partial charge in [0, 0.05) is 11.3 Å². The van der Waals surface area contributed by atoms with Gasteiger partial charge in [-0.2, -0.15) is 0 Å². The van der Waals surface area contributed by atoms with Crippen molar-refractivity contribution in [1.29, 1.82) is 0 Å². The van der Waals surface area contributed by atoms with E-state index in [1.165, 1.54) is 0 Å². The van der Waals surface area contributed by atoms with Crippen LogP contribution in [0.3, 0.4) is 0 Å². The predicted molar refractivity (Wildman–Crippen MR) is 118 cm³/mol. The van der Waals surface area contributed by atoms with Crippen molar-refractivity contribution in [3.63, 3.8) is 0 Å². The van der Waals surface area contributed by atoms with Gasteiger partial charge in [0.2, 0.25) is 0 Å². The van der Waals surface area contributed by atoms with Gasteiger partial charge in [0.05, 0.1) is 18.2 Å². The zero-order valence-electron chi connectivity index (χ0n) is 16.5. The average Bonchev–Trinajstić information content (AvgIpc) is 2.69. The molecule has 0 aromatic heterocycles. The molecule has 0 aliphatic carbocycles. The Kier molecular flexibility index (Phi) is 6.77. The normalized spacial score (nSPS) is 10.3. The van der Waals surface area contributed by atoms with Crippen molar-refractivity contribution < 1.29 is 19.0 Å². The van der Waals surface area contributed by atoms with Gasteiger partial charge in [-0.1, -0.05) is 12.1 Å². The number of hydrogen-bond acceptors (Lipinski definition) is 4. The molecule has 3 rings (SSSR count). The van der Waals surface area contributed by atoms with Gasteiger partial charge >= 0.3 is 0 Å². The van der Waals surface area contributed by atoms with Crippen LogP contribution in [-0.4, -0.2) is 19.6 Å². The standard InChI is InChI=1S/C23H22BrNO4/c1-4-28-21-14-16(13-20(24)22(21)27-3)23(26)25-17-8-10-18(11-9-17)29-19-7-5-6-15(2)12-19/h5-14H,4H2,1-3H3,(H,25,26). The highest BCUT2D eigenvalue weighted by atomic mass is 79.9. The molecule has 0 aliphatic heterocycles. The van der Waals surface area contributed by atoms with Crippen molar-refractivity contribution in [2.45, 2.75) is 13.8 Å². The Morgan fingerprint density at radius 2 is 1.79 bits per heavy atom. The summed E-state index contributed by atoms with van der Waals surface area (Å²) in [6, 6.07) is 18.4.